The summed E-state index contributed by atoms with van der Waals surface area (Å²) in [5.74, 6) is 0. The minimum absolute atomic E-state index is 0.0549. The predicted molar refractivity (Wildman–Crippen MR) is 95.7 cm³/mol. The van der Waals surface area contributed by atoms with E-state index in [9.17, 15) is 4.79 Å². The Morgan fingerprint density at radius 2 is 1.88 bits per heavy atom. The van der Waals surface area contributed by atoms with Crippen molar-refractivity contribution in [3.8, 4) is 0 Å². The van der Waals surface area contributed by atoms with E-state index in [-0.39, 0.29) is 6.03 Å². The second-order valence-corrected chi connectivity index (χ2v) is 6.28. The third kappa shape index (κ3) is 5.09. The molecular weight excluding hydrogens is 302 g/mol. The Labute approximate surface area is 143 Å². The van der Waals surface area contributed by atoms with E-state index in [1.54, 1.807) is 0 Å². The van der Waals surface area contributed by atoms with E-state index in [2.05, 4.69) is 20.4 Å². The molecule has 0 aliphatic carbocycles. The van der Waals surface area contributed by atoms with E-state index in [1.165, 1.54) is 0 Å². The summed E-state index contributed by atoms with van der Waals surface area (Å²) in [5, 5.41) is 10.1. The Hall–Kier alpha value is -2.34. The summed E-state index contributed by atoms with van der Waals surface area (Å²) in [6.07, 6.45) is 0. The van der Waals surface area contributed by atoms with Crippen LogP contribution in [0, 0.1) is 13.8 Å². The molecule has 1 heterocycles. The Kier molecular flexibility index (Phi) is 6.37. The third-order valence-electron chi connectivity index (χ3n) is 4.02. The van der Waals surface area contributed by atoms with Gasteiger partial charge in [-0.05, 0) is 33.5 Å². The van der Waals surface area contributed by atoms with Crippen LogP contribution in [-0.2, 0) is 13.1 Å². The number of nitrogens with zero attached hydrogens (tertiary/aromatic N) is 3. The number of aryl methyl sites for hydroxylation is 2. The Bertz CT molecular complexity index is 631. The highest BCUT2D eigenvalue weighted by Crippen LogP contribution is 2.10. The molecule has 0 unspecified atom stereocenters. The van der Waals surface area contributed by atoms with Gasteiger partial charge in [0.25, 0.3) is 0 Å². The van der Waals surface area contributed by atoms with Crippen LogP contribution in [0.4, 0.5) is 4.79 Å². The Balaban J connectivity index is 2.00. The van der Waals surface area contributed by atoms with Crippen LogP contribution >= 0.6 is 0 Å². The first kappa shape index (κ1) is 18.0. The van der Waals surface area contributed by atoms with Gasteiger partial charge >= 0.3 is 6.03 Å². The molecule has 0 spiro atoms. The average molecular weight is 329 g/mol. The molecular formula is C18H27N5O. The van der Waals surface area contributed by atoms with Gasteiger partial charge in [0.15, 0.2) is 0 Å². The largest absolute Gasteiger partial charge is 0.334 e. The fourth-order valence-corrected chi connectivity index (χ4v) is 2.49. The molecule has 2 rings (SSSR count). The van der Waals surface area contributed by atoms with Gasteiger partial charge in [-0.3, -0.25) is 5.10 Å². The zero-order chi connectivity index (χ0) is 17.5. The molecule has 0 saturated heterocycles. The van der Waals surface area contributed by atoms with Crippen LogP contribution in [0.15, 0.2) is 30.3 Å². The van der Waals surface area contributed by atoms with Gasteiger partial charge in [0.2, 0.25) is 0 Å². The zero-order valence-electron chi connectivity index (χ0n) is 15.0. The molecule has 1 aromatic carbocycles. The molecule has 6 heteroatoms. The number of hydrogen-bond acceptors (Lipinski definition) is 3. The van der Waals surface area contributed by atoms with E-state index in [1.807, 2.05) is 63.2 Å². The van der Waals surface area contributed by atoms with Crippen LogP contribution in [0.1, 0.15) is 22.5 Å². The monoisotopic (exact) mass is 329 g/mol. The van der Waals surface area contributed by atoms with Crippen molar-refractivity contribution in [2.45, 2.75) is 26.9 Å². The number of aromatic nitrogens is 2. The fourth-order valence-electron chi connectivity index (χ4n) is 2.49. The Morgan fingerprint density at radius 1 is 1.17 bits per heavy atom. The third-order valence-corrected chi connectivity index (χ3v) is 4.02. The summed E-state index contributed by atoms with van der Waals surface area (Å²) in [7, 11) is 4.02. The van der Waals surface area contributed by atoms with Crippen molar-refractivity contribution in [2.75, 3.05) is 27.2 Å². The first-order valence-corrected chi connectivity index (χ1v) is 8.19. The van der Waals surface area contributed by atoms with Gasteiger partial charge in [0.05, 0.1) is 5.69 Å². The molecule has 130 valence electrons. The number of rotatable bonds is 7. The first-order chi connectivity index (χ1) is 11.5. The highest BCUT2D eigenvalue weighted by molar-refractivity contribution is 5.74. The summed E-state index contributed by atoms with van der Waals surface area (Å²) in [6.45, 7) is 6.50. The molecule has 1 aromatic heterocycles. The van der Waals surface area contributed by atoms with Gasteiger partial charge in [0, 0.05) is 37.4 Å². The predicted octanol–water partition coefficient (Wildman–Crippen LogP) is 2.30. The van der Waals surface area contributed by atoms with E-state index in [4.69, 9.17) is 0 Å². The molecule has 6 nitrogen and oxygen atoms in total. The maximum absolute atomic E-state index is 12.6. The minimum atomic E-state index is -0.0549. The number of likely N-dealkylation sites (N-methyl/N-ethyl adjacent to an activating group) is 1. The van der Waals surface area contributed by atoms with Gasteiger partial charge in [-0.2, -0.15) is 5.10 Å². The normalized spacial score (nSPS) is 10.9. The van der Waals surface area contributed by atoms with Crippen molar-refractivity contribution in [1.82, 2.24) is 25.3 Å². The summed E-state index contributed by atoms with van der Waals surface area (Å²) in [5.41, 5.74) is 4.10. The highest BCUT2D eigenvalue weighted by Gasteiger charge is 2.15. The maximum atomic E-state index is 12.6. The lowest BCUT2D eigenvalue weighted by atomic mass is 10.2. The average Bonchev–Trinajstić information content (AvgIpc) is 2.88. The van der Waals surface area contributed by atoms with Crippen molar-refractivity contribution in [2.24, 2.45) is 0 Å². The van der Waals surface area contributed by atoms with Crippen molar-refractivity contribution >= 4 is 6.03 Å². The summed E-state index contributed by atoms with van der Waals surface area (Å²) in [6, 6.07) is 10.0. The van der Waals surface area contributed by atoms with Crippen LogP contribution in [0.3, 0.4) is 0 Å². The highest BCUT2D eigenvalue weighted by atomic mass is 16.2. The molecule has 0 saturated carbocycles. The number of carbonyl (C=O) groups excluding carboxylic acids is 1. The molecule has 24 heavy (non-hydrogen) atoms. The smallest absolute Gasteiger partial charge is 0.318 e. The number of carbonyl (C=O) groups is 1. The van der Waals surface area contributed by atoms with E-state index in [0.717, 1.165) is 29.1 Å². The Morgan fingerprint density at radius 3 is 2.46 bits per heavy atom. The second-order valence-electron chi connectivity index (χ2n) is 6.28. The van der Waals surface area contributed by atoms with Crippen LogP contribution in [-0.4, -0.2) is 53.2 Å². The van der Waals surface area contributed by atoms with Crippen LogP contribution < -0.4 is 5.32 Å². The fraction of sp³-hybridized carbons (Fsp3) is 0.444. The first-order valence-electron chi connectivity index (χ1n) is 8.19. The standard InChI is InChI=1S/C18H27N5O/c1-14-17(15(2)21-20-14)12-19-18(24)23(11-10-22(3)4)13-16-8-6-5-7-9-16/h5-9H,10-13H2,1-4H3,(H,19,24)(H,20,21). The number of nitrogens with one attached hydrogen (secondary N) is 2. The van der Waals surface area contributed by atoms with Crippen molar-refractivity contribution < 1.29 is 4.79 Å². The molecule has 0 fully saturated rings. The van der Waals surface area contributed by atoms with Crippen LogP contribution in [0.2, 0.25) is 0 Å². The van der Waals surface area contributed by atoms with Gasteiger partial charge < -0.3 is 15.1 Å². The van der Waals surface area contributed by atoms with Gasteiger partial charge in [0.1, 0.15) is 0 Å². The number of urea groups is 1. The molecule has 2 amide bonds. The summed E-state index contributed by atoms with van der Waals surface area (Å²) >= 11 is 0. The van der Waals surface area contributed by atoms with Crippen molar-refractivity contribution in [3.63, 3.8) is 0 Å². The molecule has 0 atom stereocenters. The second kappa shape index (κ2) is 8.49. The lowest BCUT2D eigenvalue weighted by Crippen LogP contribution is -2.42. The molecule has 0 radical (unpaired) electrons. The number of hydrogen-bond donors (Lipinski definition) is 2. The minimum Gasteiger partial charge on any atom is -0.334 e. The van der Waals surface area contributed by atoms with Gasteiger partial charge in [-0.1, -0.05) is 30.3 Å². The van der Waals surface area contributed by atoms with Gasteiger partial charge in [-0.15, -0.1) is 0 Å². The number of amides is 2. The van der Waals surface area contributed by atoms with Gasteiger partial charge in [-0.25, -0.2) is 4.79 Å². The maximum Gasteiger partial charge on any atom is 0.318 e. The number of benzene rings is 1. The van der Waals surface area contributed by atoms with E-state index >= 15 is 0 Å². The molecule has 2 aromatic rings. The molecule has 0 bridgehead atoms. The SMILES string of the molecule is Cc1n[nH]c(C)c1CNC(=O)N(CCN(C)C)Cc1ccccc1. The quantitative estimate of drug-likeness (QED) is 0.819. The molecule has 0 aliphatic rings. The number of H-pyrrole nitrogens is 1. The van der Waals surface area contributed by atoms with Crippen LogP contribution in [0.25, 0.3) is 0 Å². The van der Waals surface area contributed by atoms with E-state index < -0.39 is 0 Å². The summed E-state index contributed by atoms with van der Waals surface area (Å²) < 4.78 is 0. The molecule has 2 N–H and O–H groups in total. The van der Waals surface area contributed by atoms with Crippen LogP contribution in [0.5, 0.6) is 0 Å². The summed E-state index contributed by atoms with van der Waals surface area (Å²) in [4.78, 5) is 16.6. The molecule has 0 aliphatic heterocycles. The van der Waals surface area contributed by atoms with Crippen molar-refractivity contribution in [1.29, 1.82) is 0 Å². The van der Waals surface area contributed by atoms with Crippen molar-refractivity contribution in [3.05, 3.63) is 52.8 Å². The lowest BCUT2D eigenvalue weighted by Gasteiger charge is -2.25. The topological polar surface area (TPSA) is 64.3 Å². The lowest BCUT2D eigenvalue weighted by molar-refractivity contribution is 0.188. The van der Waals surface area contributed by atoms with E-state index in [0.29, 0.717) is 19.6 Å². The zero-order valence-corrected chi connectivity index (χ0v) is 15.0. The number of aromatic amines is 1.